The molecule has 0 radical (unpaired) electrons. The summed E-state index contributed by atoms with van der Waals surface area (Å²) in [6.45, 7) is 7.03. The summed E-state index contributed by atoms with van der Waals surface area (Å²) in [4.78, 5) is 4.35. The Hall–Kier alpha value is -0.850. The third kappa shape index (κ3) is 7.11. The molecule has 0 spiro atoms. The maximum atomic E-state index is 4.35. The maximum Gasteiger partial charge on any atom is 0.0305 e. The van der Waals surface area contributed by atoms with Gasteiger partial charge in [0.1, 0.15) is 0 Å². The predicted molar refractivity (Wildman–Crippen MR) is 93.7 cm³/mol. The average Bonchev–Trinajstić information content (AvgIpc) is 2.52. The Bertz CT molecular complexity index is 346. The third-order valence-corrected chi connectivity index (χ3v) is 4.77. The molecular weight excluding hydrogens is 254 g/mol. The second-order valence-electron chi connectivity index (χ2n) is 6.78. The zero-order chi connectivity index (χ0) is 15.4. The highest BCUT2D eigenvalue weighted by Gasteiger charge is 2.25. The largest absolute Gasteiger partial charge is 0.264 e. The number of hydrogen-bond acceptors (Lipinski definition) is 1. The van der Waals surface area contributed by atoms with Crippen LogP contribution in [0.4, 0.5) is 0 Å². The summed E-state index contributed by atoms with van der Waals surface area (Å²) < 4.78 is 0. The van der Waals surface area contributed by atoms with Gasteiger partial charge >= 0.3 is 0 Å². The number of aromatic nitrogens is 1. The molecule has 21 heavy (non-hydrogen) atoms. The molecule has 1 rings (SSSR count). The standard InChI is InChI=1S/C20H35N/c1-4-6-8-10-12-16-20(3,15-11-9-7-5-2)19-14-13-17-21-18-19/h13-14,17-18H,4-12,15-16H2,1-3H3. The van der Waals surface area contributed by atoms with Gasteiger partial charge in [-0.2, -0.15) is 0 Å². The fourth-order valence-electron chi connectivity index (χ4n) is 3.19. The van der Waals surface area contributed by atoms with E-state index in [0.717, 1.165) is 0 Å². The Kier molecular flexibility index (Phi) is 9.37. The van der Waals surface area contributed by atoms with E-state index in [4.69, 9.17) is 0 Å². The molecule has 1 atom stereocenters. The van der Waals surface area contributed by atoms with Crippen LogP contribution in [-0.4, -0.2) is 4.98 Å². The number of hydrogen-bond donors (Lipinski definition) is 0. The van der Waals surface area contributed by atoms with Crippen LogP contribution in [0.2, 0.25) is 0 Å². The second-order valence-corrected chi connectivity index (χ2v) is 6.78. The van der Waals surface area contributed by atoms with Gasteiger partial charge in [-0.15, -0.1) is 0 Å². The molecule has 0 saturated carbocycles. The first kappa shape index (κ1) is 18.2. The van der Waals surface area contributed by atoms with Gasteiger partial charge in [-0.05, 0) is 29.9 Å². The quantitative estimate of drug-likeness (QED) is 0.391. The lowest BCUT2D eigenvalue weighted by atomic mass is 9.75. The molecule has 120 valence electrons. The molecule has 0 saturated heterocycles. The summed E-state index contributed by atoms with van der Waals surface area (Å²) >= 11 is 0. The van der Waals surface area contributed by atoms with E-state index in [0.29, 0.717) is 5.41 Å². The highest BCUT2D eigenvalue weighted by Crippen LogP contribution is 2.35. The van der Waals surface area contributed by atoms with E-state index in [1.54, 1.807) is 0 Å². The lowest BCUT2D eigenvalue weighted by Crippen LogP contribution is -2.22. The van der Waals surface area contributed by atoms with Crippen molar-refractivity contribution >= 4 is 0 Å². The molecule has 0 N–H and O–H groups in total. The summed E-state index contributed by atoms with van der Waals surface area (Å²) in [6, 6.07) is 4.37. The molecule has 0 aromatic carbocycles. The fourth-order valence-corrected chi connectivity index (χ4v) is 3.19. The van der Waals surface area contributed by atoms with Crippen molar-refractivity contribution in [1.29, 1.82) is 0 Å². The van der Waals surface area contributed by atoms with E-state index in [1.165, 1.54) is 76.2 Å². The first-order chi connectivity index (χ1) is 10.2. The van der Waals surface area contributed by atoms with Gasteiger partial charge < -0.3 is 0 Å². The highest BCUT2D eigenvalue weighted by molar-refractivity contribution is 5.20. The van der Waals surface area contributed by atoms with Crippen molar-refractivity contribution in [3.05, 3.63) is 30.1 Å². The molecule has 1 heterocycles. The van der Waals surface area contributed by atoms with E-state index >= 15 is 0 Å². The van der Waals surface area contributed by atoms with Gasteiger partial charge in [-0.25, -0.2) is 0 Å². The van der Waals surface area contributed by atoms with Crippen LogP contribution in [-0.2, 0) is 5.41 Å². The first-order valence-electron chi connectivity index (χ1n) is 9.13. The van der Waals surface area contributed by atoms with E-state index in [-0.39, 0.29) is 0 Å². The predicted octanol–water partition coefficient (Wildman–Crippen LogP) is 6.67. The Morgan fingerprint density at radius 3 is 1.95 bits per heavy atom. The van der Waals surface area contributed by atoms with Crippen LogP contribution < -0.4 is 0 Å². The molecule has 0 aliphatic rings. The molecule has 0 fully saturated rings. The van der Waals surface area contributed by atoms with Crippen molar-refractivity contribution in [3.8, 4) is 0 Å². The lowest BCUT2D eigenvalue weighted by Gasteiger charge is -2.30. The summed E-state index contributed by atoms with van der Waals surface area (Å²) in [6.07, 6.45) is 18.9. The van der Waals surface area contributed by atoms with E-state index in [2.05, 4.69) is 44.1 Å². The number of nitrogens with zero attached hydrogens (tertiary/aromatic N) is 1. The number of rotatable bonds is 12. The van der Waals surface area contributed by atoms with Gasteiger partial charge in [0.15, 0.2) is 0 Å². The normalized spacial score (nSPS) is 14.0. The minimum Gasteiger partial charge on any atom is -0.264 e. The molecule has 0 bridgehead atoms. The SMILES string of the molecule is CCCCCCCC(C)(CCCCCC)c1cccnc1. The van der Waals surface area contributed by atoms with E-state index < -0.39 is 0 Å². The Morgan fingerprint density at radius 1 is 0.857 bits per heavy atom. The van der Waals surface area contributed by atoms with Crippen LogP contribution in [0.1, 0.15) is 97.0 Å². The van der Waals surface area contributed by atoms with Gasteiger partial charge in [0.25, 0.3) is 0 Å². The lowest BCUT2D eigenvalue weighted by molar-refractivity contribution is 0.362. The summed E-state index contributed by atoms with van der Waals surface area (Å²) in [5.41, 5.74) is 1.77. The minimum absolute atomic E-state index is 0.328. The van der Waals surface area contributed by atoms with Gasteiger partial charge in [0, 0.05) is 12.4 Å². The van der Waals surface area contributed by atoms with E-state index in [1.807, 2.05) is 6.20 Å². The van der Waals surface area contributed by atoms with Gasteiger partial charge in [0.05, 0.1) is 0 Å². The minimum atomic E-state index is 0.328. The molecule has 1 heteroatoms. The molecular formula is C20H35N. The smallest absolute Gasteiger partial charge is 0.0305 e. The summed E-state index contributed by atoms with van der Waals surface area (Å²) in [5, 5.41) is 0. The van der Waals surface area contributed by atoms with Crippen LogP contribution in [0, 0.1) is 0 Å². The van der Waals surface area contributed by atoms with Crippen LogP contribution in [0.25, 0.3) is 0 Å². The molecule has 0 aliphatic heterocycles. The molecule has 1 nitrogen and oxygen atoms in total. The fraction of sp³-hybridized carbons (Fsp3) is 0.750. The molecule has 0 aliphatic carbocycles. The van der Waals surface area contributed by atoms with Crippen LogP contribution in [0.3, 0.4) is 0 Å². The van der Waals surface area contributed by atoms with Crippen molar-refractivity contribution in [1.82, 2.24) is 4.98 Å². The average molecular weight is 290 g/mol. The Balaban J connectivity index is 2.52. The summed E-state index contributed by atoms with van der Waals surface area (Å²) in [5.74, 6) is 0. The molecule has 1 aromatic heterocycles. The first-order valence-corrected chi connectivity index (χ1v) is 9.13. The summed E-state index contributed by atoms with van der Waals surface area (Å²) in [7, 11) is 0. The third-order valence-electron chi connectivity index (χ3n) is 4.77. The van der Waals surface area contributed by atoms with Crippen molar-refractivity contribution < 1.29 is 0 Å². The van der Waals surface area contributed by atoms with Crippen molar-refractivity contribution in [2.75, 3.05) is 0 Å². The molecule has 0 amide bonds. The highest BCUT2D eigenvalue weighted by atomic mass is 14.6. The van der Waals surface area contributed by atoms with Crippen LogP contribution >= 0.6 is 0 Å². The Morgan fingerprint density at radius 2 is 1.43 bits per heavy atom. The van der Waals surface area contributed by atoms with Crippen LogP contribution in [0.5, 0.6) is 0 Å². The van der Waals surface area contributed by atoms with Gasteiger partial charge in [0.2, 0.25) is 0 Å². The van der Waals surface area contributed by atoms with Gasteiger partial charge in [-0.3, -0.25) is 4.98 Å². The monoisotopic (exact) mass is 289 g/mol. The molecule has 1 aromatic rings. The second kappa shape index (κ2) is 10.8. The van der Waals surface area contributed by atoms with Crippen molar-refractivity contribution in [2.45, 2.75) is 96.8 Å². The van der Waals surface area contributed by atoms with Crippen LogP contribution in [0.15, 0.2) is 24.5 Å². The Labute approximate surface area is 132 Å². The number of pyridine rings is 1. The van der Waals surface area contributed by atoms with Gasteiger partial charge in [-0.1, -0.05) is 84.6 Å². The molecule has 1 unspecified atom stereocenters. The zero-order valence-electron chi connectivity index (χ0n) is 14.5. The van der Waals surface area contributed by atoms with Crippen molar-refractivity contribution in [2.24, 2.45) is 0 Å². The van der Waals surface area contributed by atoms with Crippen molar-refractivity contribution in [3.63, 3.8) is 0 Å². The zero-order valence-corrected chi connectivity index (χ0v) is 14.5. The maximum absolute atomic E-state index is 4.35. The number of unbranched alkanes of at least 4 members (excludes halogenated alkanes) is 7. The topological polar surface area (TPSA) is 12.9 Å². The van der Waals surface area contributed by atoms with E-state index in [9.17, 15) is 0 Å².